The second kappa shape index (κ2) is 4.10. The van der Waals surface area contributed by atoms with Crippen LogP contribution in [-0.4, -0.2) is 0 Å². The molecule has 0 bridgehead atoms. The smallest absolute Gasteiger partial charge is 0.105 e. The van der Waals surface area contributed by atoms with E-state index in [0.717, 1.165) is 0 Å². The van der Waals surface area contributed by atoms with Gasteiger partial charge in [-0.3, -0.25) is 0 Å². The average molecular weight is 194 g/mol. The number of nitriles is 4. The highest BCUT2D eigenvalue weighted by molar-refractivity contribution is 5.67. The van der Waals surface area contributed by atoms with Crippen molar-refractivity contribution in [2.45, 2.75) is 13.3 Å². The second-order valence-corrected chi connectivity index (χ2v) is 2.94. The number of hydrogen-bond donors (Lipinski definition) is 0. The van der Waals surface area contributed by atoms with Gasteiger partial charge < -0.3 is 0 Å². The lowest BCUT2D eigenvalue weighted by molar-refractivity contribution is 0.887. The molecule has 0 fully saturated rings. The van der Waals surface area contributed by atoms with Gasteiger partial charge in [-0.1, -0.05) is 6.92 Å². The standard InChI is InChI=1S/C11H6N4/c1-2-7-8(3-12)10(5-14)11(6-15)9(7)4-13/h8H,2H2,1H3. The fourth-order valence-electron chi connectivity index (χ4n) is 1.65. The minimum atomic E-state index is -0.718. The Labute approximate surface area is 87.6 Å². The molecule has 1 aliphatic rings. The van der Waals surface area contributed by atoms with Crippen LogP contribution in [0.15, 0.2) is 22.3 Å². The summed E-state index contributed by atoms with van der Waals surface area (Å²) in [6.07, 6.45) is 0.498. The van der Waals surface area contributed by atoms with Gasteiger partial charge in [-0.15, -0.1) is 0 Å². The van der Waals surface area contributed by atoms with Crippen molar-refractivity contribution in [2.24, 2.45) is 5.92 Å². The molecular weight excluding hydrogens is 188 g/mol. The van der Waals surface area contributed by atoms with Gasteiger partial charge in [-0.2, -0.15) is 21.0 Å². The van der Waals surface area contributed by atoms with Gasteiger partial charge in [0.1, 0.15) is 18.1 Å². The first-order valence-electron chi connectivity index (χ1n) is 4.32. The number of hydrogen-bond acceptors (Lipinski definition) is 4. The third-order valence-electron chi connectivity index (χ3n) is 2.33. The molecule has 0 spiro atoms. The quantitative estimate of drug-likeness (QED) is 0.634. The summed E-state index contributed by atoms with van der Waals surface area (Å²) in [5.74, 6) is -0.718. The highest BCUT2D eigenvalue weighted by Gasteiger charge is 2.33. The van der Waals surface area contributed by atoms with Gasteiger partial charge >= 0.3 is 0 Å². The van der Waals surface area contributed by atoms with Crippen molar-refractivity contribution in [2.75, 3.05) is 0 Å². The monoisotopic (exact) mass is 194 g/mol. The van der Waals surface area contributed by atoms with Crippen LogP contribution in [0.25, 0.3) is 0 Å². The summed E-state index contributed by atoms with van der Waals surface area (Å²) in [5, 5.41) is 35.5. The van der Waals surface area contributed by atoms with Crippen LogP contribution < -0.4 is 0 Å². The zero-order chi connectivity index (χ0) is 11.4. The van der Waals surface area contributed by atoms with Crippen LogP contribution in [-0.2, 0) is 0 Å². The maximum Gasteiger partial charge on any atom is 0.105 e. The SMILES string of the molecule is CCC1=C(C#N)C(C#N)=C(C#N)C1C#N. The van der Waals surface area contributed by atoms with E-state index in [1.807, 2.05) is 24.3 Å². The molecule has 1 aliphatic carbocycles. The summed E-state index contributed by atoms with van der Waals surface area (Å²) in [6.45, 7) is 1.80. The molecule has 0 saturated carbocycles. The van der Waals surface area contributed by atoms with E-state index in [2.05, 4.69) is 0 Å². The molecule has 4 heteroatoms. The summed E-state index contributed by atoms with van der Waals surface area (Å²) in [7, 11) is 0. The van der Waals surface area contributed by atoms with E-state index < -0.39 is 5.92 Å². The molecule has 0 heterocycles. The molecule has 0 aromatic rings. The zero-order valence-electron chi connectivity index (χ0n) is 8.07. The molecule has 1 unspecified atom stereocenters. The third-order valence-corrected chi connectivity index (χ3v) is 2.33. The van der Waals surface area contributed by atoms with Crippen molar-refractivity contribution < 1.29 is 0 Å². The molecule has 0 radical (unpaired) electrons. The molecule has 1 rings (SSSR count). The minimum absolute atomic E-state index is 0.0587. The maximum atomic E-state index is 8.91. The largest absolute Gasteiger partial charge is 0.197 e. The lowest BCUT2D eigenvalue weighted by Crippen LogP contribution is -1.99. The Kier molecular flexibility index (Phi) is 2.88. The summed E-state index contributed by atoms with van der Waals surface area (Å²) in [5.41, 5.74) is 0.938. The molecule has 0 aliphatic heterocycles. The Balaban J connectivity index is 3.51. The van der Waals surface area contributed by atoms with E-state index in [-0.39, 0.29) is 16.7 Å². The maximum absolute atomic E-state index is 8.91. The van der Waals surface area contributed by atoms with Gasteiger partial charge in [0.15, 0.2) is 0 Å². The third kappa shape index (κ3) is 1.35. The minimum Gasteiger partial charge on any atom is -0.197 e. The van der Waals surface area contributed by atoms with E-state index in [1.165, 1.54) is 0 Å². The normalized spacial score (nSPS) is 19.1. The van der Waals surface area contributed by atoms with Gasteiger partial charge in [0.25, 0.3) is 0 Å². The molecule has 4 nitrogen and oxygen atoms in total. The van der Waals surface area contributed by atoms with Gasteiger partial charge in [0.2, 0.25) is 0 Å². The molecule has 0 aromatic heterocycles. The van der Waals surface area contributed by atoms with Crippen LogP contribution >= 0.6 is 0 Å². The van der Waals surface area contributed by atoms with Crippen LogP contribution in [0, 0.1) is 51.2 Å². The first-order valence-corrected chi connectivity index (χ1v) is 4.32. The Morgan fingerprint density at radius 3 is 1.93 bits per heavy atom. The van der Waals surface area contributed by atoms with E-state index >= 15 is 0 Å². The Morgan fingerprint density at radius 1 is 1.00 bits per heavy atom. The van der Waals surface area contributed by atoms with Gasteiger partial charge in [-0.25, -0.2) is 0 Å². The van der Waals surface area contributed by atoms with Crippen LogP contribution in [0.4, 0.5) is 0 Å². The van der Waals surface area contributed by atoms with E-state index in [1.54, 1.807) is 6.92 Å². The summed E-state index contributed by atoms with van der Waals surface area (Å²) in [6, 6.07) is 7.50. The predicted octanol–water partition coefficient (Wildman–Crippen LogP) is 1.71. The Morgan fingerprint density at radius 2 is 1.60 bits per heavy atom. The van der Waals surface area contributed by atoms with Crippen molar-refractivity contribution in [3.63, 3.8) is 0 Å². The van der Waals surface area contributed by atoms with E-state index in [4.69, 9.17) is 21.0 Å². The van der Waals surface area contributed by atoms with Gasteiger partial charge in [0, 0.05) is 0 Å². The predicted molar refractivity (Wildman–Crippen MR) is 50.3 cm³/mol. The van der Waals surface area contributed by atoms with Crippen molar-refractivity contribution in [1.29, 1.82) is 21.0 Å². The van der Waals surface area contributed by atoms with Crippen molar-refractivity contribution >= 4 is 0 Å². The van der Waals surface area contributed by atoms with Crippen molar-refractivity contribution in [3.05, 3.63) is 22.3 Å². The molecule has 0 aromatic carbocycles. The fourth-order valence-corrected chi connectivity index (χ4v) is 1.65. The van der Waals surface area contributed by atoms with Gasteiger partial charge in [-0.05, 0) is 12.0 Å². The number of nitrogens with zero attached hydrogens (tertiary/aromatic N) is 4. The molecule has 0 amide bonds. The Hall–Kier alpha value is -2.56. The molecular formula is C11H6N4. The Bertz CT molecular complexity index is 523. The first kappa shape index (κ1) is 10.5. The summed E-state index contributed by atoms with van der Waals surface area (Å²) in [4.78, 5) is 0. The highest BCUT2D eigenvalue weighted by atomic mass is 14.4. The molecule has 0 N–H and O–H groups in total. The van der Waals surface area contributed by atoms with Crippen LogP contribution in [0.5, 0.6) is 0 Å². The zero-order valence-corrected chi connectivity index (χ0v) is 8.07. The molecule has 1 atom stereocenters. The average Bonchev–Trinajstić information content (AvgIpc) is 2.59. The highest BCUT2D eigenvalue weighted by Crippen LogP contribution is 2.37. The van der Waals surface area contributed by atoms with Crippen LogP contribution in [0.2, 0.25) is 0 Å². The lowest BCUT2D eigenvalue weighted by Gasteiger charge is -2.03. The molecule has 15 heavy (non-hydrogen) atoms. The van der Waals surface area contributed by atoms with Crippen LogP contribution in [0.3, 0.4) is 0 Å². The van der Waals surface area contributed by atoms with E-state index in [9.17, 15) is 0 Å². The topological polar surface area (TPSA) is 95.2 Å². The fraction of sp³-hybridized carbons (Fsp3) is 0.273. The number of allylic oxidation sites excluding steroid dienone is 4. The van der Waals surface area contributed by atoms with Crippen LogP contribution in [0.1, 0.15) is 13.3 Å². The number of rotatable bonds is 1. The molecule has 70 valence electrons. The lowest BCUT2D eigenvalue weighted by atomic mass is 9.95. The summed E-state index contributed by atoms with van der Waals surface area (Å²) >= 11 is 0. The first-order chi connectivity index (χ1) is 7.24. The van der Waals surface area contributed by atoms with E-state index in [0.29, 0.717) is 12.0 Å². The van der Waals surface area contributed by atoms with Crippen molar-refractivity contribution in [3.8, 4) is 24.3 Å². The van der Waals surface area contributed by atoms with Gasteiger partial charge in [0.05, 0.1) is 28.9 Å². The summed E-state index contributed by atoms with van der Waals surface area (Å²) < 4.78 is 0. The second-order valence-electron chi connectivity index (χ2n) is 2.94. The van der Waals surface area contributed by atoms with Crippen molar-refractivity contribution in [1.82, 2.24) is 0 Å². The molecule has 0 saturated heterocycles.